The van der Waals surface area contributed by atoms with Crippen LogP contribution in [0.25, 0.3) is 6.08 Å². The third-order valence-electron chi connectivity index (χ3n) is 3.29. The van der Waals surface area contributed by atoms with Crippen LogP contribution in [0.1, 0.15) is 11.1 Å². The highest BCUT2D eigenvalue weighted by Gasteiger charge is 2.06. The van der Waals surface area contributed by atoms with Gasteiger partial charge in [0.15, 0.2) is 9.84 Å². The highest BCUT2D eigenvalue weighted by atomic mass is 32.2. The van der Waals surface area contributed by atoms with Gasteiger partial charge in [0.1, 0.15) is 0 Å². The summed E-state index contributed by atoms with van der Waals surface area (Å²) in [5.74, 6) is 0. The minimum absolute atomic E-state index is 0.266. The Hall–Kier alpha value is -2.60. The fraction of sp³-hybridized carbons (Fsp3) is 0.167. The minimum atomic E-state index is -3.20. The summed E-state index contributed by atoms with van der Waals surface area (Å²) in [4.78, 5) is 12.0. The van der Waals surface area contributed by atoms with Gasteiger partial charge in [0, 0.05) is 19.3 Å². The SMILES string of the molecule is CS(=O)(=O)c1ccc(CNC(=O)NC/C=C/c2ccccc2)cc1. The summed E-state index contributed by atoms with van der Waals surface area (Å²) in [6.07, 6.45) is 4.97. The summed E-state index contributed by atoms with van der Waals surface area (Å²) in [5.41, 5.74) is 1.91. The topological polar surface area (TPSA) is 75.3 Å². The largest absolute Gasteiger partial charge is 0.335 e. The molecule has 2 N–H and O–H groups in total. The first kappa shape index (κ1) is 17.7. The van der Waals surface area contributed by atoms with Gasteiger partial charge in [-0.25, -0.2) is 13.2 Å². The van der Waals surface area contributed by atoms with E-state index < -0.39 is 9.84 Å². The molecular formula is C18H20N2O3S. The molecule has 2 amide bonds. The van der Waals surface area contributed by atoms with Gasteiger partial charge >= 0.3 is 6.03 Å². The molecule has 24 heavy (non-hydrogen) atoms. The van der Waals surface area contributed by atoms with E-state index in [0.717, 1.165) is 17.4 Å². The summed E-state index contributed by atoms with van der Waals surface area (Å²) in [5, 5.41) is 5.45. The van der Waals surface area contributed by atoms with Gasteiger partial charge in [0.2, 0.25) is 0 Å². The highest BCUT2D eigenvalue weighted by Crippen LogP contribution is 2.10. The lowest BCUT2D eigenvalue weighted by atomic mass is 10.2. The maximum atomic E-state index is 11.7. The molecule has 2 rings (SSSR count). The van der Waals surface area contributed by atoms with Crippen molar-refractivity contribution >= 4 is 21.9 Å². The van der Waals surface area contributed by atoms with Crippen LogP contribution < -0.4 is 10.6 Å². The molecule has 0 aliphatic heterocycles. The van der Waals surface area contributed by atoms with Gasteiger partial charge in [0.05, 0.1) is 4.90 Å². The maximum absolute atomic E-state index is 11.7. The molecule has 0 saturated carbocycles. The number of urea groups is 1. The summed E-state index contributed by atoms with van der Waals surface area (Å²) in [6, 6.07) is 16.0. The molecule has 0 spiro atoms. The van der Waals surface area contributed by atoms with Crippen LogP contribution in [0, 0.1) is 0 Å². The Balaban J connectivity index is 1.74. The Labute approximate surface area is 142 Å². The van der Waals surface area contributed by atoms with Crippen molar-refractivity contribution in [1.82, 2.24) is 10.6 Å². The Morgan fingerprint density at radius 3 is 2.29 bits per heavy atom. The Morgan fingerprint density at radius 2 is 1.67 bits per heavy atom. The number of nitrogens with one attached hydrogen (secondary N) is 2. The molecule has 0 radical (unpaired) electrons. The van der Waals surface area contributed by atoms with Crippen molar-refractivity contribution in [3.63, 3.8) is 0 Å². The van der Waals surface area contributed by atoms with Crippen LogP contribution in [-0.4, -0.2) is 27.2 Å². The molecule has 0 aromatic heterocycles. The zero-order valence-corrected chi connectivity index (χ0v) is 14.2. The number of benzene rings is 2. The number of hydrogen-bond acceptors (Lipinski definition) is 3. The van der Waals surface area contributed by atoms with Crippen molar-refractivity contribution in [2.45, 2.75) is 11.4 Å². The van der Waals surface area contributed by atoms with E-state index in [1.54, 1.807) is 12.1 Å². The van der Waals surface area contributed by atoms with Gasteiger partial charge in [0.25, 0.3) is 0 Å². The van der Waals surface area contributed by atoms with Crippen LogP contribution in [0.3, 0.4) is 0 Å². The van der Waals surface area contributed by atoms with E-state index >= 15 is 0 Å². The fourth-order valence-electron chi connectivity index (χ4n) is 2.01. The summed E-state index contributed by atoms with van der Waals surface area (Å²) >= 11 is 0. The molecule has 6 heteroatoms. The van der Waals surface area contributed by atoms with E-state index in [1.165, 1.54) is 12.1 Å². The minimum Gasteiger partial charge on any atom is -0.335 e. The lowest BCUT2D eigenvalue weighted by molar-refractivity contribution is 0.241. The number of hydrogen-bond donors (Lipinski definition) is 2. The first-order valence-corrected chi connectivity index (χ1v) is 9.36. The van der Waals surface area contributed by atoms with Gasteiger partial charge in [-0.15, -0.1) is 0 Å². The van der Waals surface area contributed by atoms with E-state index in [1.807, 2.05) is 42.5 Å². The van der Waals surface area contributed by atoms with E-state index in [-0.39, 0.29) is 10.9 Å². The Kier molecular flexibility index (Phi) is 6.14. The monoisotopic (exact) mass is 344 g/mol. The van der Waals surface area contributed by atoms with E-state index in [4.69, 9.17) is 0 Å². The normalized spacial score (nSPS) is 11.4. The van der Waals surface area contributed by atoms with Crippen LogP contribution in [0.2, 0.25) is 0 Å². The molecule has 0 atom stereocenters. The Bertz CT molecular complexity index is 798. The van der Waals surface area contributed by atoms with Crippen LogP contribution >= 0.6 is 0 Å². The second-order valence-corrected chi connectivity index (χ2v) is 7.31. The average Bonchev–Trinajstić information content (AvgIpc) is 2.57. The number of carbonyl (C=O) groups excluding carboxylic acids is 1. The zero-order valence-electron chi connectivity index (χ0n) is 13.4. The number of rotatable bonds is 6. The van der Waals surface area contributed by atoms with E-state index in [0.29, 0.717) is 13.1 Å². The second-order valence-electron chi connectivity index (χ2n) is 5.29. The molecule has 126 valence electrons. The third kappa shape index (κ3) is 5.89. The van der Waals surface area contributed by atoms with Crippen molar-refractivity contribution in [3.8, 4) is 0 Å². The summed E-state index contributed by atoms with van der Waals surface area (Å²) < 4.78 is 22.7. The van der Waals surface area contributed by atoms with Gasteiger partial charge < -0.3 is 10.6 Å². The van der Waals surface area contributed by atoms with Gasteiger partial charge in [-0.2, -0.15) is 0 Å². The average molecular weight is 344 g/mol. The molecule has 0 saturated heterocycles. The molecule has 5 nitrogen and oxygen atoms in total. The number of carbonyl (C=O) groups is 1. The van der Waals surface area contributed by atoms with Crippen molar-refractivity contribution < 1.29 is 13.2 Å². The molecule has 0 bridgehead atoms. The van der Waals surface area contributed by atoms with E-state index in [9.17, 15) is 13.2 Å². The molecule has 0 fully saturated rings. The highest BCUT2D eigenvalue weighted by molar-refractivity contribution is 7.90. The van der Waals surface area contributed by atoms with Crippen LogP contribution in [0.15, 0.2) is 65.6 Å². The summed E-state index contributed by atoms with van der Waals surface area (Å²) in [6.45, 7) is 0.756. The molecule has 0 heterocycles. The standard InChI is InChI=1S/C18H20N2O3S/c1-24(22,23)17-11-9-16(10-12-17)14-20-18(21)19-13-5-8-15-6-3-2-4-7-15/h2-12H,13-14H2,1H3,(H2,19,20,21)/b8-5+. The number of amides is 2. The fourth-order valence-corrected chi connectivity index (χ4v) is 2.64. The van der Waals surface area contributed by atoms with Crippen molar-refractivity contribution in [2.75, 3.05) is 12.8 Å². The Morgan fingerprint density at radius 1 is 1.00 bits per heavy atom. The van der Waals surface area contributed by atoms with Crippen LogP contribution in [-0.2, 0) is 16.4 Å². The lowest BCUT2D eigenvalue weighted by Gasteiger charge is -2.06. The smallest absolute Gasteiger partial charge is 0.315 e. The predicted octanol–water partition coefficient (Wildman–Crippen LogP) is 2.60. The van der Waals surface area contributed by atoms with Gasteiger partial charge in [-0.05, 0) is 23.3 Å². The van der Waals surface area contributed by atoms with Gasteiger partial charge in [-0.3, -0.25) is 0 Å². The van der Waals surface area contributed by atoms with Crippen molar-refractivity contribution in [2.24, 2.45) is 0 Å². The first-order chi connectivity index (χ1) is 11.4. The molecule has 0 aliphatic rings. The van der Waals surface area contributed by atoms with Crippen LogP contribution in [0.5, 0.6) is 0 Å². The van der Waals surface area contributed by atoms with E-state index in [2.05, 4.69) is 10.6 Å². The van der Waals surface area contributed by atoms with Crippen molar-refractivity contribution in [1.29, 1.82) is 0 Å². The van der Waals surface area contributed by atoms with Crippen molar-refractivity contribution in [3.05, 3.63) is 71.8 Å². The predicted molar refractivity (Wildman–Crippen MR) is 95.3 cm³/mol. The second kappa shape index (κ2) is 8.31. The molecule has 2 aromatic rings. The molecule has 0 unspecified atom stereocenters. The quantitative estimate of drug-likeness (QED) is 0.846. The summed E-state index contributed by atoms with van der Waals surface area (Å²) in [7, 11) is -3.20. The van der Waals surface area contributed by atoms with Crippen LogP contribution in [0.4, 0.5) is 4.79 Å². The first-order valence-electron chi connectivity index (χ1n) is 7.47. The third-order valence-corrected chi connectivity index (χ3v) is 4.42. The zero-order chi connectivity index (χ0) is 17.4. The molecular weight excluding hydrogens is 324 g/mol. The lowest BCUT2D eigenvalue weighted by Crippen LogP contribution is -2.35. The number of sulfone groups is 1. The molecule has 0 aliphatic carbocycles. The maximum Gasteiger partial charge on any atom is 0.315 e. The molecule has 2 aromatic carbocycles. The van der Waals surface area contributed by atoms with Gasteiger partial charge in [-0.1, -0.05) is 54.6 Å².